The van der Waals surface area contributed by atoms with Crippen LogP contribution in [0.2, 0.25) is 0 Å². The summed E-state index contributed by atoms with van der Waals surface area (Å²) in [7, 11) is -2.43. The van der Waals surface area contributed by atoms with Gasteiger partial charge in [-0.3, -0.25) is 9.78 Å². The first-order valence-electron chi connectivity index (χ1n) is 10.2. The van der Waals surface area contributed by atoms with Gasteiger partial charge in [-0.15, -0.1) is 0 Å². The van der Waals surface area contributed by atoms with Gasteiger partial charge in [-0.05, 0) is 43.0 Å². The topological polar surface area (TPSA) is 94.4 Å². The van der Waals surface area contributed by atoms with Crippen LogP contribution in [-0.4, -0.2) is 52.9 Å². The molecule has 0 unspecified atom stereocenters. The molecule has 0 spiro atoms. The Kier molecular flexibility index (Phi) is 7.07. The number of likely N-dealkylation sites (N-methyl/N-ethyl adjacent to an activating group) is 1. The maximum atomic E-state index is 13.2. The minimum absolute atomic E-state index is 0.134. The van der Waals surface area contributed by atoms with Crippen molar-refractivity contribution in [3.63, 3.8) is 0 Å². The number of hydrogen-bond donors (Lipinski definition) is 0. The van der Waals surface area contributed by atoms with E-state index in [0.717, 1.165) is 20.9 Å². The van der Waals surface area contributed by atoms with Crippen molar-refractivity contribution in [3.05, 3.63) is 54.6 Å². The lowest BCUT2D eigenvalue weighted by Crippen LogP contribution is -2.44. The lowest BCUT2D eigenvalue weighted by molar-refractivity contribution is -0.147. The number of hydrogen-bond acceptors (Lipinski definition) is 6. The molecule has 1 atom stereocenters. The average molecular weight is 445 g/mol. The average Bonchev–Trinajstić information content (AvgIpc) is 3.15. The number of sulfonamides is 1. The fourth-order valence-electron chi connectivity index (χ4n) is 3.42. The highest BCUT2D eigenvalue weighted by Gasteiger charge is 2.34. The Labute approximate surface area is 182 Å². The Hall–Kier alpha value is -2.78. The zero-order valence-electron chi connectivity index (χ0n) is 18.2. The summed E-state index contributed by atoms with van der Waals surface area (Å²) in [5, 5.41) is 0. The van der Waals surface area contributed by atoms with Crippen LogP contribution in [0.15, 0.2) is 53.9 Å². The second-order valence-electron chi connectivity index (χ2n) is 7.80. The molecule has 0 fully saturated rings. The number of carbonyl (C=O) groups is 1. The van der Waals surface area contributed by atoms with Crippen molar-refractivity contribution in [2.45, 2.75) is 44.7 Å². The summed E-state index contributed by atoms with van der Waals surface area (Å²) in [4.78, 5) is 20.9. The van der Waals surface area contributed by atoms with E-state index in [0.29, 0.717) is 13.0 Å². The van der Waals surface area contributed by atoms with Gasteiger partial charge in [0.25, 0.3) is 0 Å². The third-order valence-corrected chi connectivity index (χ3v) is 6.95. The predicted octanol–water partition coefficient (Wildman–Crippen LogP) is 3.08. The molecule has 1 aromatic carbocycles. The van der Waals surface area contributed by atoms with Crippen LogP contribution in [0.5, 0.6) is 0 Å². The fraction of sp³-hybridized carbons (Fsp3) is 0.409. The van der Waals surface area contributed by atoms with E-state index in [1.165, 1.54) is 7.05 Å². The first kappa shape index (κ1) is 22.9. The van der Waals surface area contributed by atoms with Gasteiger partial charge in [0.2, 0.25) is 10.0 Å². The van der Waals surface area contributed by atoms with Crippen LogP contribution < -0.4 is 0 Å². The summed E-state index contributed by atoms with van der Waals surface area (Å²) in [6.45, 7) is 6.34. The first-order chi connectivity index (χ1) is 14.7. The van der Waals surface area contributed by atoms with E-state index in [1.54, 1.807) is 49.9 Å². The molecule has 0 aliphatic rings. The fourth-order valence-corrected chi connectivity index (χ4v) is 4.74. The van der Waals surface area contributed by atoms with Crippen LogP contribution in [0.1, 0.15) is 32.8 Å². The van der Waals surface area contributed by atoms with E-state index >= 15 is 0 Å². The molecule has 166 valence electrons. The second kappa shape index (κ2) is 9.57. The molecule has 8 nitrogen and oxygen atoms in total. The molecule has 3 aromatic rings. The Morgan fingerprint density at radius 3 is 2.55 bits per heavy atom. The number of imidazole rings is 1. The van der Waals surface area contributed by atoms with Crippen molar-refractivity contribution in [2.24, 2.45) is 5.92 Å². The van der Waals surface area contributed by atoms with E-state index in [-0.39, 0.29) is 17.4 Å². The summed E-state index contributed by atoms with van der Waals surface area (Å²) in [6, 6.07) is 7.71. The Balaban J connectivity index is 1.81. The maximum Gasteiger partial charge on any atom is 0.324 e. The van der Waals surface area contributed by atoms with Crippen LogP contribution in [0.4, 0.5) is 0 Å². The Morgan fingerprint density at radius 2 is 1.90 bits per heavy atom. The monoisotopic (exact) mass is 444 g/mol. The minimum Gasteiger partial charge on any atom is -0.465 e. The number of rotatable bonds is 9. The smallest absolute Gasteiger partial charge is 0.324 e. The summed E-state index contributed by atoms with van der Waals surface area (Å²) >= 11 is 0. The van der Waals surface area contributed by atoms with Gasteiger partial charge in [-0.25, -0.2) is 13.4 Å². The third kappa shape index (κ3) is 5.11. The number of nitrogens with zero attached hydrogens (tertiary/aromatic N) is 4. The number of ether oxygens (including phenoxy) is 1. The Morgan fingerprint density at radius 1 is 1.19 bits per heavy atom. The molecule has 0 N–H and O–H groups in total. The summed E-state index contributed by atoms with van der Waals surface area (Å²) in [5.74, 6) is -0.394. The zero-order chi connectivity index (χ0) is 22.6. The van der Waals surface area contributed by atoms with Crippen molar-refractivity contribution in [1.29, 1.82) is 0 Å². The van der Waals surface area contributed by atoms with Crippen LogP contribution >= 0.6 is 0 Å². The van der Waals surface area contributed by atoms with E-state index in [1.807, 2.05) is 24.5 Å². The largest absolute Gasteiger partial charge is 0.465 e. The molecule has 31 heavy (non-hydrogen) atoms. The molecule has 3 rings (SSSR count). The number of benzene rings is 1. The molecule has 2 aromatic heterocycles. The third-order valence-electron chi connectivity index (χ3n) is 5.07. The molecule has 2 heterocycles. The van der Waals surface area contributed by atoms with Crippen molar-refractivity contribution in [1.82, 2.24) is 18.8 Å². The van der Waals surface area contributed by atoms with Gasteiger partial charge in [0.15, 0.2) is 0 Å². The van der Waals surface area contributed by atoms with Gasteiger partial charge in [0.1, 0.15) is 11.6 Å². The van der Waals surface area contributed by atoms with Gasteiger partial charge >= 0.3 is 5.97 Å². The van der Waals surface area contributed by atoms with Gasteiger partial charge in [0, 0.05) is 19.8 Å². The lowest BCUT2D eigenvalue weighted by atomic mass is 10.0. The van der Waals surface area contributed by atoms with Crippen LogP contribution in [0, 0.1) is 5.92 Å². The number of pyridine rings is 1. The van der Waals surface area contributed by atoms with Gasteiger partial charge in [0.05, 0.1) is 29.5 Å². The standard InChI is InChI=1S/C22H28N4O4S/c1-5-30-22(27)21(12-16(2)3)25(4)31(28,29)18-8-6-17(7-9-18)14-26-15-24-19-13-23-11-10-20(19)26/h6-11,13,15-16,21H,5,12,14H2,1-4H3/t21-/m0/s1. The maximum absolute atomic E-state index is 13.2. The van der Waals surface area contributed by atoms with E-state index in [4.69, 9.17) is 4.74 Å². The Bertz CT molecular complexity index is 1140. The van der Waals surface area contributed by atoms with Gasteiger partial charge in [-0.1, -0.05) is 26.0 Å². The van der Waals surface area contributed by atoms with Crippen LogP contribution in [0.3, 0.4) is 0 Å². The van der Waals surface area contributed by atoms with Crippen LogP contribution in [-0.2, 0) is 26.1 Å². The molecule has 9 heteroatoms. The second-order valence-corrected chi connectivity index (χ2v) is 9.80. The minimum atomic E-state index is -3.86. The summed E-state index contributed by atoms with van der Waals surface area (Å²) in [5.41, 5.74) is 2.69. The zero-order valence-corrected chi connectivity index (χ0v) is 19.0. The van der Waals surface area contributed by atoms with Gasteiger partial charge in [-0.2, -0.15) is 4.31 Å². The molecule has 0 amide bonds. The van der Waals surface area contributed by atoms with E-state index in [9.17, 15) is 13.2 Å². The molecule has 0 aliphatic carbocycles. The van der Waals surface area contributed by atoms with Gasteiger partial charge < -0.3 is 9.30 Å². The molecule has 0 aliphatic heterocycles. The normalized spacial score (nSPS) is 13.1. The van der Waals surface area contributed by atoms with Crippen molar-refractivity contribution < 1.29 is 17.9 Å². The summed E-state index contributed by atoms with van der Waals surface area (Å²) in [6.07, 6.45) is 5.54. The lowest BCUT2D eigenvalue weighted by Gasteiger charge is -2.27. The van der Waals surface area contributed by atoms with E-state index in [2.05, 4.69) is 9.97 Å². The quantitative estimate of drug-likeness (QED) is 0.471. The number of aromatic nitrogens is 3. The molecule has 0 saturated heterocycles. The predicted molar refractivity (Wildman–Crippen MR) is 118 cm³/mol. The van der Waals surface area contributed by atoms with E-state index < -0.39 is 22.0 Å². The van der Waals surface area contributed by atoms with Crippen molar-refractivity contribution in [3.8, 4) is 0 Å². The first-order valence-corrected chi connectivity index (χ1v) is 11.7. The molecule has 0 radical (unpaired) electrons. The highest BCUT2D eigenvalue weighted by molar-refractivity contribution is 7.89. The SMILES string of the molecule is CCOC(=O)[C@H](CC(C)C)N(C)S(=O)(=O)c1ccc(Cn2cnc3cnccc32)cc1. The number of carbonyl (C=O) groups excluding carboxylic acids is 1. The van der Waals surface area contributed by atoms with Crippen molar-refractivity contribution in [2.75, 3.05) is 13.7 Å². The number of fused-ring (bicyclic) bond motifs is 1. The molecule has 0 bridgehead atoms. The summed E-state index contributed by atoms with van der Waals surface area (Å²) < 4.78 is 34.5. The molecule has 0 saturated carbocycles. The highest BCUT2D eigenvalue weighted by Crippen LogP contribution is 2.22. The van der Waals surface area contributed by atoms with Crippen molar-refractivity contribution >= 4 is 27.0 Å². The molecular weight excluding hydrogens is 416 g/mol. The highest BCUT2D eigenvalue weighted by atomic mass is 32.2. The number of esters is 1. The molecular formula is C22H28N4O4S. The van der Waals surface area contributed by atoms with Crippen LogP contribution in [0.25, 0.3) is 11.0 Å².